The number of nitrogens with two attached hydrogens (primary N) is 1. The Morgan fingerprint density at radius 1 is 1.38 bits per heavy atom. The number of rotatable bonds is 4. The molecule has 0 saturated heterocycles. The summed E-state index contributed by atoms with van der Waals surface area (Å²) < 4.78 is 6.93. The molecule has 0 aromatic carbocycles. The molecule has 8 nitrogen and oxygen atoms in total. The Morgan fingerprint density at radius 2 is 2.12 bits per heavy atom. The number of nitrogens with zero attached hydrogens (tertiary/aromatic N) is 3. The van der Waals surface area contributed by atoms with Gasteiger partial charge in [0.1, 0.15) is 5.76 Å². The fraction of sp³-hybridized carbons (Fsp3) is 0.556. The van der Waals surface area contributed by atoms with Gasteiger partial charge in [0.15, 0.2) is 11.4 Å². The van der Waals surface area contributed by atoms with E-state index in [0.717, 1.165) is 30.6 Å². The zero-order chi connectivity index (χ0) is 19.1. The maximum Gasteiger partial charge on any atom is 0.278 e. The molecule has 2 heterocycles. The lowest BCUT2D eigenvalue weighted by atomic mass is 9.71. The number of carbonyl (C=O) groups excluding carboxylic acids is 2. The third-order valence-electron chi connectivity index (χ3n) is 5.05. The quantitative estimate of drug-likeness (QED) is 0.869. The zero-order valence-electron chi connectivity index (χ0n) is 15.6. The summed E-state index contributed by atoms with van der Waals surface area (Å²) in [6.07, 6.45) is 4.13. The summed E-state index contributed by atoms with van der Waals surface area (Å²) in [6, 6.07) is 0. The van der Waals surface area contributed by atoms with E-state index in [9.17, 15) is 9.59 Å². The number of fused-ring (bicyclic) bond motifs is 1. The van der Waals surface area contributed by atoms with Crippen LogP contribution in [0.1, 0.15) is 66.4 Å². The van der Waals surface area contributed by atoms with Crippen LogP contribution in [0, 0.1) is 11.3 Å². The number of hydrogen-bond acceptors (Lipinski definition) is 5. The highest BCUT2D eigenvalue weighted by Gasteiger charge is 2.34. The van der Waals surface area contributed by atoms with Crippen molar-refractivity contribution in [2.24, 2.45) is 17.1 Å². The molecule has 0 aliphatic heterocycles. The number of carbonyl (C=O) groups is 2. The number of anilines is 1. The van der Waals surface area contributed by atoms with Gasteiger partial charge in [0.05, 0.1) is 5.69 Å². The number of aryl methyl sites for hydroxylation is 2. The summed E-state index contributed by atoms with van der Waals surface area (Å²) >= 11 is 0. The average molecular weight is 359 g/mol. The van der Waals surface area contributed by atoms with Crippen molar-refractivity contribution in [2.75, 3.05) is 5.32 Å². The minimum absolute atomic E-state index is 0.0325. The molecule has 140 valence electrons. The van der Waals surface area contributed by atoms with Gasteiger partial charge in [0.2, 0.25) is 0 Å². The normalized spacial score (nSPS) is 17.0. The van der Waals surface area contributed by atoms with Crippen molar-refractivity contribution in [3.8, 4) is 0 Å². The summed E-state index contributed by atoms with van der Waals surface area (Å²) in [5.41, 5.74) is 6.94. The van der Waals surface area contributed by atoms with Gasteiger partial charge in [-0.3, -0.25) is 14.3 Å². The van der Waals surface area contributed by atoms with Crippen molar-refractivity contribution in [1.29, 1.82) is 0 Å². The predicted molar refractivity (Wildman–Crippen MR) is 95.8 cm³/mol. The van der Waals surface area contributed by atoms with Crippen molar-refractivity contribution in [3.63, 3.8) is 0 Å². The van der Waals surface area contributed by atoms with Crippen molar-refractivity contribution in [3.05, 3.63) is 28.9 Å². The topological polar surface area (TPSA) is 116 Å². The third kappa shape index (κ3) is 3.36. The summed E-state index contributed by atoms with van der Waals surface area (Å²) in [7, 11) is 0. The molecule has 3 rings (SSSR count). The largest absolute Gasteiger partial charge is 0.364 e. The molecule has 8 heteroatoms. The summed E-state index contributed by atoms with van der Waals surface area (Å²) in [6.45, 7) is 9.05. The van der Waals surface area contributed by atoms with Gasteiger partial charge in [-0.25, -0.2) is 0 Å². The fourth-order valence-electron chi connectivity index (χ4n) is 3.36. The van der Waals surface area contributed by atoms with Gasteiger partial charge in [-0.05, 0) is 31.1 Å². The van der Waals surface area contributed by atoms with Gasteiger partial charge in [-0.1, -0.05) is 25.9 Å². The van der Waals surface area contributed by atoms with Crippen molar-refractivity contribution in [1.82, 2.24) is 14.9 Å². The molecular formula is C18H25N5O3. The van der Waals surface area contributed by atoms with E-state index in [4.69, 9.17) is 10.3 Å². The van der Waals surface area contributed by atoms with Crippen LogP contribution in [-0.4, -0.2) is 26.8 Å². The second-order valence-corrected chi connectivity index (χ2v) is 7.80. The molecule has 26 heavy (non-hydrogen) atoms. The van der Waals surface area contributed by atoms with Crippen molar-refractivity contribution >= 4 is 17.5 Å². The Hall–Kier alpha value is -2.64. The number of nitrogens with one attached hydrogen (secondary N) is 1. The molecule has 2 amide bonds. The smallest absolute Gasteiger partial charge is 0.278 e. The molecular weight excluding hydrogens is 334 g/mol. The molecule has 1 aliphatic carbocycles. The van der Waals surface area contributed by atoms with E-state index in [1.165, 1.54) is 0 Å². The molecule has 0 radical (unpaired) electrons. The SMILES string of the molecule is CCn1cc(NC(=O)c2noc3c2CC(C(C)(C)C)CC3)c(C(N)=O)n1. The van der Waals surface area contributed by atoms with E-state index in [2.05, 4.69) is 36.3 Å². The van der Waals surface area contributed by atoms with Gasteiger partial charge in [0, 0.05) is 24.7 Å². The van der Waals surface area contributed by atoms with Crippen molar-refractivity contribution < 1.29 is 14.1 Å². The summed E-state index contributed by atoms with van der Waals surface area (Å²) in [5.74, 6) is 0.116. The average Bonchev–Trinajstić information content (AvgIpc) is 3.16. The molecule has 0 saturated carbocycles. The van der Waals surface area contributed by atoms with Gasteiger partial charge >= 0.3 is 0 Å². The van der Waals surface area contributed by atoms with Crippen LogP contribution < -0.4 is 11.1 Å². The van der Waals surface area contributed by atoms with Gasteiger partial charge in [0.25, 0.3) is 11.8 Å². The first-order valence-corrected chi connectivity index (χ1v) is 8.86. The zero-order valence-corrected chi connectivity index (χ0v) is 15.6. The standard InChI is InChI=1S/C18H25N5O3/c1-5-23-9-12(15(21-23)16(19)24)20-17(25)14-11-8-10(18(2,3)4)6-7-13(11)26-22-14/h9-10H,5-8H2,1-4H3,(H2,19,24)(H,20,25). The minimum Gasteiger partial charge on any atom is -0.364 e. The highest BCUT2D eigenvalue weighted by molar-refractivity contribution is 6.07. The van der Waals surface area contributed by atoms with Crippen LogP contribution in [0.4, 0.5) is 5.69 Å². The lowest BCUT2D eigenvalue weighted by molar-refractivity contribution is 0.0995. The van der Waals surface area contributed by atoms with Crippen LogP contribution >= 0.6 is 0 Å². The Bertz CT molecular complexity index is 844. The molecule has 1 aliphatic rings. The molecule has 1 unspecified atom stereocenters. The van der Waals surface area contributed by atoms with E-state index >= 15 is 0 Å². The number of primary amides is 1. The first kappa shape index (κ1) is 18.2. The summed E-state index contributed by atoms with van der Waals surface area (Å²) in [5, 5.41) is 10.8. The molecule has 2 aromatic heterocycles. The third-order valence-corrected chi connectivity index (χ3v) is 5.05. The van der Waals surface area contributed by atoms with E-state index < -0.39 is 11.8 Å². The predicted octanol–water partition coefficient (Wildman–Crippen LogP) is 2.39. The Kier molecular flexibility index (Phi) is 4.60. The number of aromatic nitrogens is 3. The van der Waals surface area contributed by atoms with Gasteiger partial charge < -0.3 is 15.6 Å². The van der Waals surface area contributed by atoms with Crippen LogP contribution in [0.5, 0.6) is 0 Å². The highest BCUT2D eigenvalue weighted by Crippen LogP contribution is 2.38. The fourth-order valence-corrected chi connectivity index (χ4v) is 3.36. The highest BCUT2D eigenvalue weighted by atomic mass is 16.5. The molecule has 3 N–H and O–H groups in total. The van der Waals surface area contributed by atoms with E-state index in [0.29, 0.717) is 12.5 Å². The first-order chi connectivity index (χ1) is 12.2. The van der Waals surface area contributed by atoms with Gasteiger partial charge in [-0.15, -0.1) is 0 Å². The van der Waals surface area contributed by atoms with Crippen molar-refractivity contribution in [2.45, 2.75) is 53.5 Å². The van der Waals surface area contributed by atoms with E-state index in [1.54, 1.807) is 10.9 Å². The second-order valence-electron chi connectivity index (χ2n) is 7.80. The van der Waals surface area contributed by atoms with Crippen LogP contribution in [0.15, 0.2) is 10.7 Å². The van der Waals surface area contributed by atoms with Crippen LogP contribution in [0.25, 0.3) is 0 Å². The molecule has 0 spiro atoms. The second kappa shape index (κ2) is 6.59. The lowest BCUT2D eigenvalue weighted by Gasteiger charge is -2.33. The van der Waals surface area contributed by atoms with E-state index in [-0.39, 0.29) is 22.5 Å². The minimum atomic E-state index is -0.692. The Balaban J connectivity index is 1.86. The Labute approximate surface area is 152 Å². The van der Waals surface area contributed by atoms with Crippen LogP contribution in [0.2, 0.25) is 0 Å². The summed E-state index contributed by atoms with van der Waals surface area (Å²) in [4.78, 5) is 24.3. The number of hydrogen-bond donors (Lipinski definition) is 2. The maximum atomic E-state index is 12.8. The maximum absolute atomic E-state index is 12.8. The molecule has 1 atom stereocenters. The number of amides is 2. The lowest BCUT2D eigenvalue weighted by Crippen LogP contribution is -2.28. The van der Waals surface area contributed by atoms with Gasteiger partial charge in [-0.2, -0.15) is 5.10 Å². The molecule has 2 aromatic rings. The monoisotopic (exact) mass is 359 g/mol. The Morgan fingerprint density at radius 3 is 2.73 bits per heavy atom. The van der Waals surface area contributed by atoms with E-state index in [1.807, 2.05) is 6.92 Å². The van der Waals surface area contributed by atoms with Crippen LogP contribution in [0.3, 0.4) is 0 Å². The molecule has 0 bridgehead atoms. The first-order valence-electron chi connectivity index (χ1n) is 8.86. The molecule has 0 fully saturated rings. The van der Waals surface area contributed by atoms with Crippen LogP contribution in [-0.2, 0) is 19.4 Å².